The number of carbonyl (C=O) groups is 3. The van der Waals surface area contributed by atoms with Crippen LogP contribution in [-0.2, 0) is 32.8 Å². The van der Waals surface area contributed by atoms with Gasteiger partial charge >= 0.3 is 0 Å². The summed E-state index contributed by atoms with van der Waals surface area (Å²) in [7, 11) is 1.80. The quantitative estimate of drug-likeness (QED) is 0.196. The second-order valence-corrected chi connectivity index (χ2v) is 11.8. The summed E-state index contributed by atoms with van der Waals surface area (Å²) in [6.07, 6.45) is 2.96. The lowest BCUT2D eigenvalue weighted by Gasteiger charge is -2.27. The van der Waals surface area contributed by atoms with Gasteiger partial charge in [-0.1, -0.05) is 44.2 Å². The van der Waals surface area contributed by atoms with Crippen LogP contribution in [0.1, 0.15) is 55.0 Å². The van der Waals surface area contributed by atoms with E-state index in [4.69, 9.17) is 26.4 Å². The van der Waals surface area contributed by atoms with Crippen molar-refractivity contribution in [3.05, 3.63) is 83.1 Å². The van der Waals surface area contributed by atoms with Crippen molar-refractivity contribution in [1.82, 2.24) is 20.9 Å². The number of carbonyl (C=O) groups excluding carboxylic acids is 3. The summed E-state index contributed by atoms with van der Waals surface area (Å²) in [5.41, 5.74) is 20.6. The van der Waals surface area contributed by atoms with E-state index in [0.717, 1.165) is 22.4 Å². The monoisotopic (exact) mass is 616 g/mol. The molecule has 1 aromatic heterocycles. The smallest absolute Gasteiger partial charge is 0.250 e. The van der Waals surface area contributed by atoms with Gasteiger partial charge in [0.15, 0.2) is 6.23 Å². The third-order valence-electron chi connectivity index (χ3n) is 7.81. The van der Waals surface area contributed by atoms with Crippen molar-refractivity contribution in [3.63, 3.8) is 0 Å². The van der Waals surface area contributed by atoms with Crippen molar-refractivity contribution in [2.45, 2.75) is 63.5 Å². The molecule has 3 amide bonds. The summed E-state index contributed by atoms with van der Waals surface area (Å²) in [6.45, 7) is 4.40. The maximum absolute atomic E-state index is 13.5. The average Bonchev–Trinajstić information content (AvgIpc) is 3.65. The molecule has 238 valence electrons. The van der Waals surface area contributed by atoms with Gasteiger partial charge in [0, 0.05) is 30.6 Å². The molecule has 3 aliphatic heterocycles. The second-order valence-electron chi connectivity index (χ2n) is 11.8. The van der Waals surface area contributed by atoms with E-state index in [1.807, 2.05) is 56.3 Å². The SMILES string of the molecule is CC(C)CC(N)=O.CNCc1coc(/C2=C\C34c5ccccc5NC3Oc3ccc(cc34)CCC(=O)NC(C(N)N)C(=O)N2)n1. The van der Waals surface area contributed by atoms with Crippen molar-refractivity contribution >= 4 is 29.1 Å². The number of hydrogen-bond acceptors (Lipinski definition) is 10. The maximum atomic E-state index is 13.5. The fraction of sp³-hybridized carbons (Fsp3) is 0.375. The van der Waals surface area contributed by atoms with Crippen molar-refractivity contribution in [2.24, 2.45) is 23.1 Å². The molecule has 3 aliphatic rings. The average molecular weight is 617 g/mol. The van der Waals surface area contributed by atoms with Crippen LogP contribution in [0.5, 0.6) is 5.75 Å². The number of primary amides is 1. The van der Waals surface area contributed by atoms with Gasteiger partial charge in [-0.15, -0.1) is 0 Å². The normalized spacial score (nSPS) is 23.0. The maximum Gasteiger partial charge on any atom is 0.250 e. The zero-order chi connectivity index (χ0) is 32.3. The van der Waals surface area contributed by atoms with E-state index in [2.05, 4.69) is 32.3 Å². The van der Waals surface area contributed by atoms with Crippen LogP contribution in [0, 0.1) is 5.92 Å². The van der Waals surface area contributed by atoms with Gasteiger partial charge in [0.2, 0.25) is 23.6 Å². The number of hydrogen-bond donors (Lipinski definition) is 7. The van der Waals surface area contributed by atoms with Gasteiger partial charge < -0.3 is 47.6 Å². The number of nitrogens with two attached hydrogens (primary N) is 3. The van der Waals surface area contributed by atoms with Gasteiger partial charge in [0.1, 0.15) is 29.2 Å². The van der Waals surface area contributed by atoms with Gasteiger partial charge in [0.05, 0.1) is 11.9 Å². The Morgan fingerprint density at radius 1 is 1.11 bits per heavy atom. The van der Waals surface area contributed by atoms with Crippen LogP contribution in [0.15, 0.2) is 59.2 Å². The molecule has 13 heteroatoms. The third kappa shape index (κ3) is 6.55. The molecule has 0 saturated heterocycles. The Morgan fingerprint density at radius 2 is 1.89 bits per heavy atom. The van der Waals surface area contributed by atoms with E-state index in [0.29, 0.717) is 42.4 Å². The molecule has 3 unspecified atom stereocenters. The van der Waals surface area contributed by atoms with Crippen LogP contribution in [0.3, 0.4) is 0 Å². The molecule has 6 rings (SSSR count). The topological polar surface area (TPSA) is 213 Å². The molecule has 13 nitrogen and oxygen atoms in total. The predicted molar refractivity (Wildman–Crippen MR) is 168 cm³/mol. The number of aromatic nitrogens is 1. The molecule has 3 aromatic rings. The lowest BCUT2D eigenvalue weighted by atomic mass is 9.74. The fourth-order valence-electron chi connectivity index (χ4n) is 5.82. The summed E-state index contributed by atoms with van der Waals surface area (Å²) in [6, 6.07) is 12.7. The van der Waals surface area contributed by atoms with E-state index < -0.39 is 29.8 Å². The number of aryl methyl sites for hydroxylation is 1. The summed E-state index contributed by atoms with van der Waals surface area (Å²) >= 11 is 0. The van der Waals surface area contributed by atoms with Crippen LogP contribution in [0.2, 0.25) is 0 Å². The van der Waals surface area contributed by atoms with Crippen molar-refractivity contribution in [3.8, 4) is 5.75 Å². The third-order valence-corrected chi connectivity index (χ3v) is 7.81. The van der Waals surface area contributed by atoms with Crippen LogP contribution >= 0.6 is 0 Å². The summed E-state index contributed by atoms with van der Waals surface area (Å²) in [4.78, 5) is 40.9. The minimum atomic E-state index is -1.17. The number of anilines is 1. The number of fused-ring (bicyclic) bond motifs is 2. The number of para-hydroxylation sites is 1. The molecule has 4 heterocycles. The fourth-order valence-corrected chi connectivity index (χ4v) is 5.82. The molecule has 10 N–H and O–H groups in total. The highest BCUT2D eigenvalue weighted by Gasteiger charge is 2.55. The van der Waals surface area contributed by atoms with Crippen LogP contribution in [0.4, 0.5) is 5.69 Å². The van der Waals surface area contributed by atoms with E-state index in [9.17, 15) is 14.4 Å². The zero-order valence-corrected chi connectivity index (χ0v) is 25.6. The Morgan fingerprint density at radius 3 is 2.58 bits per heavy atom. The number of amides is 3. The van der Waals surface area contributed by atoms with E-state index in [1.54, 1.807) is 7.05 Å². The highest BCUT2D eigenvalue weighted by atomic mass is 16.5. The first-order valence-corrected chi connectivity index (χ1v) is 14.9. The first-order valence-electron chi connectivity index (χ1n) is 14.9. The van der Waals surface area contributed by atoms with Gasteiger partial charge in [-0.25, -0.2) is 4.98 Å². The summed E-state index contributed by atoms with van der Waals surface area (Å²) in [5.74, 6) is 0.196. The number of rotatable bonds is 6. The molecule has 2 aromatic carbocycles. The molecular formula is C32H40N8O5. The molecule has 2 bridgehead atoms. The minimum absolute atomic E-state index is 0.162. The first kappa shape index (κ1) is 31.7. The lowest BCUT2D eigenvalue weighted by molar-refractivity contribution is -0.128. The van der Waals surface area contributed by atoms with Crippen molar-refractivity contribution in [2.75, 3.05) is 12.4 Å². The molecule has 0 saturated carbocycles. The Kier molecular flexibility index (Phi) is 9.23. The zero-order valence-electron chi connectivity index (χ0n) is 25.6. The van der Waals surface area contributed by atoms with Gasteiger partial charge in [-0.05, 0) is 48.7 Å². The predicted octanol–water partition coefficient (Wildman–Crippen LogP) is 1.17. The largest absolute Gasteiger partial charge is 0.469 e. The minimum Gasteiger partial charge on any atom is -0.469 e. The van der Waals surface area contributed by atoms with Crippen molar-refractivity contribution in [1.29, 1.82) is 0 Å². The van der Waals surface area contributed by atoms with E-state index in [-0.39, 0.29) is 24.1 Å². The van der Waals surface area contributed by atoms with Crippen molar-refractivity contribution < 1.29 is 23.5 Å². The standard InChI is InChI=1S/C27H29N7O4.C5H11NO/c1-30-12-15-13-37-25(31-15)19-11-27-16-4-2-3-5-18(16)33-26(27)38-20-8-6-14(10-17(20)27)7-9-21(35)34-22(23(28)29)24(36)32-19;1-4(2)3-5(6)7/h2-6,8,10-11,13,22-23,26,30,33H,7,9,12,28-29H2,1H3,(H,32,36)(H,34,35);4H,3H2,1-2H3,(H2,6,7)/b19-11+;. The molecule has 1 spiro atoms. The second kappa shape index (κ2) is 13.1. The molecular weight excluding hydrogens is 576 g/mol. The van der Waals surface area contributed by atoms with E-state index >= 15 is 0 Å². The summed E-state index contributed by atoms with van der Waals surface area (Å²) in [5, 5.41) is 12.1. The Hall–Kier alpha value is -4.72. The van der Waals surface area contributed by atoms with Gasteiger partial charge in [0.25, 0.3) is 0 Å². The van der Waals surface area contributed by atoms with Crippen LogP contribution in [0.25, 0.3) is 5.70 Å². The first-order chi connectivity index (χ1) is 21.5. The Labute approximate surface area is 261 Å². The number of nitrogens with zero attached hydrogens (tertiary/aromatic N) is 1. The number of nitrogens with one attached hydrogen (secondary N) is 4. The van der Waals surface area contributed by atoms with E-state index in [1.165, 1.54) is 6.26 Å². The number of benzene rings is 2. The molecule has 0 aliphatic carbocycles. The van der Waals surface area contributed by atoms with Gasteiger partial charge in [-0.2, -0.15) is 0 Å². The number of oxazole rings is 1. The Balaban J connectivity index is 0.000000515. The summed E-state index contributed by atoms with van der Waals surface area (Å²) < 4.78 is 12.2. The van der Waals surface area contributed by atoms with Crippen LogP contribution < -0.4 is 43.2 Å². The highest BCUT2D eigenvalue weighted by molar-refractivity contribution is 5.94. The molecule has 0 fully saturated rings. The van der Waals surface area contributed by atoms with Gasteiger partial charge in [-0.3, -0.25) is 14.4 Å². The Bertz CT molecular complexity index is 1620. The van der Waals surface area contributed by atoms with Crippen LogP contribution in [-0.4, -0.2) is 48.2 Å². The molecule has 0 radical (unpaired) electrons. The highest BCUT2D eigenvalue weighted by Crippen LogP contribution is 2.55. The number of ether oxygens (including phenoxy) is 1. The molecule has 45 heavy (non-hydrogen) atoms. The lowest BCUT2D eigenvalue weighted by Crippen LogP contribution is -2.59. The molecule has 3 atom stereocenters.